The highest BCUT2D eigenvalue weighted by molar-refractivity contribution is 6.02. The third kappa shape index (κ3) is 4.27. The van der Waals surface area contributed by atoms with Crippen LogP contribution in [-0.2, 0) is 12.6 Å². The SMILES string of the molecule is O=C(Nc1ccc(C(F)(F)F)cc1)c1cc(Cc2ccc(F)cc2)[nH]n1. The van der Waals surface area contributed by atoms with E-state index in [1.54, 1.807) is 12.1 Å². The summed E-state index contributed by atoms with van der Waals surface area (Å²) in [5.41, 5.74) is 1.02. The van der Waals surface area contributed by atoms with E-state index in [1.165, 1.54) is 30.3 Å². The molecule has 0 saturated heterocycles. The van der Waals surface area contributed by atoms with Crippen molar-refractivity contribution in [3.63, 3.8) is 0 Å². The van der Waals surface area contributed by atoms with Crippen LogP contribution in [0.4, 0.5) is 23.2 Å². The Balaban J connectivity index is 1.65. The fraction of sp³-hybridized carbons (Fsp3) is 0.111. The number of H-pyrrole nitrogens is 1. The molecule has 8 heteroatoms. The number of nitrogens with one attached hydrogen (secondary N) is 2. The normalized spacial score (nSPS) is 11.4. The highest BCUT2D eigenvalue weighted by atomic mass is 19.4. The standard InChI is InChI=1S/C18H13F4N3O/c19-13-5-1-11(2-6-13)9-15-10-16(25-24-15)17(26)23-14-7-3-12(4-8-14)18(20,21)22/h1-8,10H,9H2,(H,23,26)(H,24,25). The number of alkyl halides is 3. The number of hydrogen-bond acceptors (Lipinski definition) is 2. The number of amides is 1. The summed E-state index contributed by atoms with van der Waals surface area (Å²) in [7, 11) is 0. The summed E-state index contributed by atoms with van der Waals surface area (Å²) in [5, 5.41) is 9.09. The lowest BCUT2D eigenvalue weighted by Gasteiger charge is -2.08. The van der Waals surface area contributed by atoms with Crippen LogP contribution in [-0.4, -0.2) is 16.1 Å². The summed E-state index contributed by atoms with van der Waals surface area (Å²) in [6.07, 6.45) is -4.00. The molecule has 2 N–H and O–H groups in total. The van der Waals surface area contributed by atoms with Crippen molar-refractivity contribution >= 4 is 11.6 Å². The lowest BCUT2D eigenvalue weighted by atomic mass is 10.1. The summed E-state index contributed by atoms with van der Waals surface area (Å²) < 4.78 is 50.5. The maximum atomic E-state index is 12.9. The molecule has 0 fully saturated rings. The first-order valence-corrected chi connectivity index (χ1v) is 7.58. The van der Waals surface area contributed by atoms with Crippen molar-refractivity contribution in [2.45, 2.75) is 12.6 Å². The van der Waals surface area contributed by atoms with E-state index in [4.69, 9.17) is 0 Å². The number of halogens is 4. The highest BCUT2D eigenvalue weighted by Gasteiger charge is 2.30. The average Bonchev–Trinajstić information content (AvgIpc) is 3.05. The van der Waals surface area contributed by atoms with E-state index >= 15 is 0 Å². The summed E-state index contributed by atoms with van der Waals surface area (Å²) in [5.74, 6) is -0.888. The zero-order valence-electron chi connectivity index (χ0n) is 13.3. The number of rotatable bonds is 4. The number of aromatic nitrogens is 2. The Morgan fingerprint density at radius 2 is 1.69 bits per heavy atom. The Morgan fingerprint density at radius 3 is 2.31 bits per heavy atom. The summed E-state index contributed by atoms with van der Waals surface area (Å²) in [4.78, 5) is 12.1. The van der Waals surface area contributed by atoms with Crippen LogP contribution in [0.25, 0.3) is 0 Å². The van der Waals surface area contributed by atoms with Crippen LogP contribution in [0.1, 0.15) is 27.3 Å². The van der Waals surface area contributed by atoms with Crippen molar-refractivity contribution in [1.29, 1.82) is 0 Å². The van der Waals surface area contributed by atoms with E-state index in [9.17, 15) is 22.4 Å². The molecular weight excluding hydrogens is 350 g/mol. The average molecular weight is 363 g/mol. The van der Waals surface area contributed by atoms with Gasteiger partial charge in [0.05, 0.1) is 5.56 Å². The predicted molar refractivity (Wildman–Crippen MR) is 87.2 cm³/mol. The molecule has 0 saturated carbocycles. The number of anilines is 1. The third-order valence-electron chi connectivity index (χ3n) is 3.64. The second kappa shape index (κ2) is 6.99. The molecule has 1 amide bonds. The van der Waals surface area contributed by atoms with Gasteiger partial charge in [0, 0.05) is 17.8 Å². The molecule has 2 aromatic carbocycles. The Labute approximate surface area is 145 Å². The lowest BCUT2D eigenvalue weighted by molar-refractivity contribution is -0.137. The van der Waals surface area contributed by atoms with Crippen LogP contribution in [0, 0.1) is 5.82 Å². The van der Waals surface area contributed by atoms with Crippen molar-refractivity contribution in [3.05, 3.63) is 82.9 Å². The van der Waals surface area contributed by atoms with E-state index in [1.807, 2.05) is 0 Å². The molecule has 0 aliphatic carbocycles. The Bertz CT molecular complexity index is 899. The lowest BCUT2D eigenvalue weighted by Crippen LogP contribution is -2.12. The number of benzene rings is 2. The zero-order chi connectivity index (χ0) is 18.7. The van der Waals surface area contributed by atoms with E-state index in [0.29, 0.717) is 12.1 Å². The van der Waals surface area contributed by atoms with Gasteiger partial charge in [-0.25, -0.2) is 4.39 Å². The van der Waals surface area contributed by atoms with Gasteiger partial charge in [-0.15, -0.1) is 0 Å². The topological polar surface area (TPSA) is 57.8 Å². The van der Waals surface area contributed by atoms with Gasteiger partial charge in [0.1, 0.15) is 5.82 Å². The number of hydrogen-bond donors (Lipinski definition) is 2. The molecule has 134 valence electrons. The van der Waals surface area contributed by atoms with Crippen LogP contribution >= 0.6 is 0 Å². The second-order valence-electron chi connectivity index (χ2n) is 5.61. The summed E-state index contributed by atoms with van der Waals surface area (Å²) in [6.45, 7) is 0. The summed E-state index contributed by atoms with van der Waals surface area (Å²) in [6, 6.07) is 11.6. The smallest absolute Gasteiger partial charge is 0.321 e. The van der Waals surface area contributed by atoms with E-state index in [0.717, 1.165) is 17.7 Å². The van der Waals surface area contributed by atoms with Crippen LogP contribution in [0.3, 0.4) is 0 Å². The van der Waals surface area contributed by atoms with Crippen molar-refractivity contribution < 1.29 is 22.4 Å². The van der Waals surface area contributed by atoms with Gasteiger partial charge in [-0.05, 0) is 48.0 Å². The minimum absolute atomic E-state index is 0.0991. The van der Waals surface area contributed by atoms with Crippen LogP contribution in [0.15, 0.2) is 54.6 Å². The first kappa shape index (κ1) is 17.7. The van der Waals surface area contributed by atoms with Gasteiger partial charge in [0.25, 0.3) is 5.91 Å². The molecule has 4 nitrogen and oxygen atoms in total. The van der Waals surface area contributed by atoms with Gasteiger partial charge in [0.15, 0.2) is 5.69 Å². The molecular formula is C18H13F4N3O. The van der Waals surface area contributed by atoms with Crippen LogP contribution in [0.5, 0.6) is 0 Å². The van der Waals surface area contributed by atoms with E-state index in [-0.39, 0.29) is 17.2 Å². The Kier molecular flexibility index (Phi) is 4.75. The van der Waals surface area contributed by atoms with Gasteiger partial charge >= 0.3 is 6.18 Å². The maximum absolute atomic E-state index is 12.9. The molecule has 26 heavy (non-hydrogen) atoms. The monoisotopic (exact) mass is 363 g/mol. The third-order valence-corrected chi connectivity index (χ3v) is 3.64. The molecule has 0 spiro atoms. The minimum atomic E-state index is -4.43. The predicted octanol–water partition coefficient (Wildman–Crippen LogP) is 4.41. The van der Waals surface area contributed by atoms with Crippen molar-refractivity contribution in [2.75, 3.05) is 5.32 Å². The van der Waals surface area contributed by atoms with E-state index < -0.39 is 17.6 Å². The molecule has 0 radical (unpaired) electrons. The molecule has 0 bridgehead atoms. The molecule has 1 heterocycles. The quantitative estimate of drug-likeness (QED) is 0.675. The van der Waals surface area contributed by atoms with Crippen LogP contribution in [0.2, 0.25) is 0 Å². The van der Waals surface area contributed by atoms with Gasteiger partial charge in [-0.3, -0.25) is 9.89 Å². The number of nitrogens with zero attached hydrogens (tertiary/aromatic N) is 1. The maximum Gasteiger partial charge on any atom is 0.416 e. The fourth-order valence-electron chi connectivity index (χ4n) is 2.33. The highest BCUT2D eigenvalue weighted by Crippen LogP contribution is 2.29. The molecule has 0 aliphatic rings. The van der Waals surface area contributed by atoms with Crippen molar-refractivity contribution in [2.24, 2.45) is 0 Å². The minimum Gasteiger partial charge on any atom is -0.321 e. The fourth-order valence-corrected chi connectivity index (χ4v) is 2.33. The van der Waals surface area contributed by atoms with E-state index in [2.05, 4.69) is 15.5 Å². The summed E-state index contributed by atoms with van der Waals surface area (Å²) >= 11 is 0. The van der Waals surface area contributed by atoms with Gasteiger partial charge in [-0.1, -0.05) is 12.1 Å². The molecule has 0 aliphatic heterocycles. The molecule has 1 aromatic heterocycles. The van der Waals surface area contributed by atoms with Gasteiger partial charge in [-0.2, -0.15) is 18.3 Å². The Morgan fingerprint density at radius 1 is 1.04 bits per heavy atom. The molecule has 0 atom stereocenters. The Hall–Kier alpha value is -3.16. The number of carbonyl (C=O) groups is 1. The second-order valence-corrected chi connectivity index (χ2v) is 5.61. The largest absolute Gasteiger partial charge is 0.416 e. The van der Waals surface area contributed by atoms with Gasteiger partial charge < -0.3 is 5.32 Å². The number of aromatic amines is 1. The van der Waals surface area contributed by atoms with Crippen molar-refractivity contribution in [3.8, 4) is 0 Å². The molecule has 0 unspecified atom stereocenters. The first-order chi connectivity index (χ1) is 12.3. The van der Waals surface area contributed by atoms with Gasteiger partial charge in [0.2, 0.25) is 0 Å². The molecule has 3 rings (SSSR count). The number of carbonyl (C=O) groups excluding carboxylic acids is 1. The first-order valence-electron chi connectivity index (χ1n) is 7.58. The van der Waals surface area contributed by atoms with Crippen LogP contribution < -0.4 is 5.32 Å². The zero-order valence-corrected chi connectivity index (χ0v) is 13.3. The van der Waals surface area contributed by atoms with Crippen molar-refractivity contribution in [1.82, 2.24) is 10.2 Å². The molecule has 3 aromatic rings.